The predicted octanol–water partition coefficient (Wildman–Crippen LogP) is 3.89. The van der Waals surface area contributed by atoms with Crippen molar-refractivity contribution >= 4 is 32.4 Å². The third-order valence-corrected chi connectivity index (χ3v) is 5.03. The maximum atomic E-state index is 12.2. The Morgan fingerprint density at radius 3 is 2.89 bits per heavy atom. The molecule has 2 aromatic heterocycles. The number of aryl methyl sites for hydroxylation is 2. The third-order valence-electron chi connectivity index (χ3n) is 3.71. The summed E-state index contributed by atoms with van der Waals surface area (Å²) in [5.41, 5.74) is 1.79. The minimum absolute atomic E-state index is 0.164. The van der Waals surface area contributed by atoms with Crippen molar-refractivity contribution in [3.63, 3.8) is 0 Å². The zero-order valence-electron chi connectivity index (χ0n) is 9.86. The van der Waals surface area contributed by atoms with Gasteiger partial charge in [0, 0.05) is 10.3 Å². The Labute approximate surface area is 108 Å². The van der Waals surface area contributed by atoms with E-state index in [2.05, 4.69) is 0 Å². The van der Waals surface area contributed by atoms with Gasteiger partial charge in [0.25, 0.3) is 0 Å². The van der Waals surface area contributed by atoms with E-state index in [0.717, 1.165) is 28.3 Å². The van der Waals surface area contributed by atoms with Crippen LogP contribution in [0.4, 0.5) is 0 Å². The molecule has 0 unspecified atom stereocenters. The fourth-order valence-corrected chi connectivity index (χ4v) is 4.27. The molecule has 0 spiro atoms. The van der Waals surface area contributed by atoms with Gasteiger partial charge in [-0.1, -0.05) is 12.1 Å². The topological polar surface area (TPSA) is 30.2 Å². The summed E-state index contributed by atoms with van der Waals surface area (Å²) >= 11 is 1.78. The van der Waals surface area contributed by atoms with Crippen molar-refractivity contribution in [1.82, 2.24) is 0 Å². The summed E-state index contributed by atoms with van der Waals surface area (Å²) in [6.45, 7) is 0. The second-order valence-corrected chi connectivity index (χ2v) is 5.91. The quantitative estimate of drug-likeness (QED) is 0.571. The number of fused-ring (bicyclic) bond motifs is 5. The van der Waals surface area contributed by atoms with Crippen LogP contribution in [0.3, 0.4) is 0 Å². The first-order chi connectivity index (χ1) is 8.84. The molecule has 0 bridgehead atoms. The molecule has 0 saturated heterocycles. The molecule has 0 radical (unpaired) electrons. The maximum Gasteiger partial charge on any atom is 0.345 e. The SMILES string of the molecule is O=c1oc2ccccc2c2sc3c(c12)CCCC3. The van der Waals surface area contributed by atoms with Crippen LogP contribution >= 0.6 is 11.3 Å². The van der Waals surface area contributed by atoms with Crippen LogP contribution in [0.25, 0.3) is 21.1 Å². The van der Waals surface area contributed by atoms with Crippen LogP contribution in [0.2, 0.25) is 0 Å². The van der Waals surface area contributed by atoms with Crippen molar-refractivity contribution in [3.05, 3.63) is 45.1 Å². The third kappa shape index (κ3) is 1.31. The minimum Gasteiger partial charge on any atom is -0.422 e. The number of rotatable bonds is 0. The van der Waals surface area contributed by atoms with Gasteiger partial charge in [-0.05, 0) is 43.4 Å². The van der Waals surface area contributed by atoms with E-state index in [9.17, 15) is 4.79 Å². The zero-order valence-corrected chi connectivity index (χ0v) is 10.7. The fraction of sp³-hybridized carbons (Fsp3) is 0.267. The molecule has 2 nitrogen and oxygen atoms in total. The van der Waals surface area contributed by atoms with Crippen molar-refractivity contribution in [3.8, 4) is 0 Å². The second kappa shape index (κ2) is 3.69. The molecule has 0 aliphatic heterocycles. The molecule has 0 atom stereocenters. The summed E-state index contributed by atoms with van der Waals surface area (Å²) in [5.74, 6) is 0. The van der Waals surface area contributed by atoms with E-state index in [1.165, 1.54) is 23.3 Å². The van der Waals surface area contributed by atoms with Crippen LogP contribution in [0.1, 0.15) is 23.3 Å². The molecular formula is C15H12O2S. The molecule has 1 aliphatic rings. The summed E-state index contributed by atoms with van der Waals surface area (Å²) in [7, 11) is 0. The van der Waals surface area contributed by atoms with Crippen molar-refractivity contribution in [2.75, 3.05) is 0 Å². The molecule has 0 fully saturated rings. The van der Waals surface area contributed by atoms with Crippen molar-refractivity contribution < 1.29 is 4.42 Å². The van der Waals surface area contributed by atoms with Gasteiger partial charge in [0.1, 0.15) is 5.58 Å². The number of thiophene rings is 1. The molecule has 0 saturated carbocycles. The van der Waals surface area contributed by atoms with Crippen molar-refractivity contribution in [2.45, 2.75) is 25.7 Å². The first-order valence-electron chi connectivity index (χ1n) is 6.31. The monoisotopic (exact) mass is 256 g/mol. The first-order valence-corrected chi connectivity index (χ1v) is 7.12. The first kappa shape index (κ1) is 10.3. The van der Waals surface area contributed by atoms with Crippen LogP contribution in [-0.4, -0.2) is 0 Å². The van der Waals surface area contributed by atoms with Crippen molar-refractivity contribution in [1.29, 1.82) is 0 Å². The number of hydrogen-bond acceptors (Lipinski definition) is 3. The summed E-state index contributed by atoms with van der Waals surface area (Å²) in [5, 5.41) is 1.92. The molecule has 1 aromatic carbocycles. The van der Waals surface area contributed by atoms with E-state index in [4.69, 9.17) is 4.42 Å². The molecule has 3 aromatic rings. The Hall–Kier alpha value is -1.61. The van der Waals surface area contributed by atoms with E-state index in [-0.39, 0.29) is 5.63 Å². The molecule has 0 amide bonds. The minimum atomic E-state index is -0.164. The molecule has 2 heterocycles. The van der Waals surface area contributed by atoms with E-state index in [1.54, 1.807) is 11.3 Å². The van der Waals surface area contributed by atoms with Gasteiger partial charge < -0.3 is 4.42 Å². The summed E-state index contributed by atoms with van der Waals surface area (Å²) in [6.07, 6.45) is 4.56. The van der Waals surface area contributed by atoms with Crippen molar-refractivity contribution in [2.24, 2.45) is 0 Å². The van der Waals surface area contributed by atoms with E-state index in [1.807, 2.05) is 24.3 Å². The largest absolute Gasteiger partial charge is 0.422 e. The summed E-state index contributed by atoms with van der Waals surface area (Å²) in [4.78, 5) is 13.6. The van der Waals surface area contributed by atoms with Crippen LogP contribution in [0, 0.1) is 0 Å². The lowest BCUT2D eigenvalue weighted by Gasteiger charge is -2.09. The van der Waals surface area contributed by atoms with Gasteiger partial charge in [0.05, 0.1) is 10.1 Å². The van der Waals surface area contributed by atoms with Gasteiger partial charge in [0.15, 0.2) is 0 Å². The predicted molar refractivity (Wildman–Crippen MR) is 74.5 cm³/mol. The Morgan fingerprint density at radius 1 is 1.11 bits per heavy atom. The highest BCUT2D eigenvalue weighted by atomic mass is 32.1. The Morgan fingerprint density at radius 2 is 1.94 bits per heavy atom. The zero-order chi connectivity index (χ0) is 12.1. The van der Waals surface area contributed by atoms with Gasteiger partial charge in [-0.3, -0.25) is 0 Å². The average Bonchev–Trinajstić information content (AvgIpc) is 2.79. The smallest absolute Gasteiger partial charge is 0.345 e. The molecule has 90 valence electrons. The van der Waals surface area contributed by atoms with E-state index < -0.39 is 0 Å². The molecule has 4 rings (SSSR count). The normalized spacial score (nSPS) is 15.1. The van der Waals surface area contributed by atoms with Crippen LogP contribution in [0.5, 0.6) is 0 Å². The summed E-state index contributed by atoms with van der Waals surface area (Å²) < 4.78 is 6.57. The maximum absolute atomic E-state index is 12.2. The lowest BCUT2D eigenvalue weighted by Crippen LogP contribution is -2.04. The Bertz CT molecular complexity index is 810. The lowest BCUT2D eigenvalue weighted by atomic mass is 9.96. The lowest BCUT2D eigenvalue weighted by molar-refractivity contribution is 0.568. The highest BCUT2D eigenvalue weighted by molar-refractivity contribution is 7.20. The fourth-order valence-electron chi connectivity index (χ4n) is 2.87. The van der Waals surface area contributed by atoms with Crippen LogP contribution < -0.4 is 5.63 Å². The Kier molecular flexibility index (Phi) is 2.12. The van der Waals surface area contributed by atoms with Gasteiger partial charge in [0.2, 0.25) is 0 Å². The summed E-state index contributed by atoms with van der Waals surface area (Å²) in [6, 6.07) is 7.82. The highest BCUT2D eigenvalue weighted by Gasteiger charge is 2.20. The molecule has 3 heteroatoms. The molecule has 18 heavy (non-hydrogen) atoms. The standard InChI is InChI=1S/C15H12O2S/c16-15-13-10-6-2-4-8-12(10)18-14(13)9-5-1-3-7-11(9)17-15/h1,3,5,7H,2,4,6,8H2. The van der Waals surface area contributed by atoms with Gasteiger partial charge in [-0.15, -0.1) is 11.3 Å². The van der Waals surface area contributed by atoms with Gasteiger partial charge in [-0.2, -0.15) is 0 Å². The molecule has 0 N–H and O–H groups in total. The van der Waals surface area contributed by atoms with Crippen LogP contribution in [0.15, 0.2) is 33.5 Å². The Balaban J connectivity index is 2.25. The van der Waals surface area contributed by atoms with Gasteiger partial charge >= 0.3 is 5.63 Å². The van der Waals surface area contributed by atoms with Gasteiger partial charge in [-0.25, -0.2) is 4.79 Å². The number of benzene rings is 1. The second-order valence-electron chi connectivity index (χ2n) is 4.80. The van der Waals surface area contributed by atoms with E-state index in [0.29, 0.717) is 5.58 Å². The number of hydrogen-bond donors (Lipinski definition) is 0. The van der Waals surface area contributed by atoms with Crippen LogP contribution in [-0.2, 0) is 12.8 Å². The molecule has 1 aliphatic carbocycles. The van der Waals surface area contributed by atoms with E-state index >= 15 is 0 Å². The highest BCUT2D eigenvalue weighted by Crippen LogP contribution is 2.37. The average molecular weight is 256 g/mol. The molecular weight excluding hydrogens is 244 g/mol. The number of para-hydroxylation sites is 1.